The maximum atomic E-state index is 11.4. The molecule has 0 bridgehead atoms. The monoisotopic (exact) mass is 383 g/mol. The molecule has 0 aliphatic carbocycles. The number of imidazole rings is 1. The summed E-state index contributed by atoms with van der Waals surface area (Å²) in [5.41, 5.74) is 7.01. The van der Waals surface area contributed by atoms with E-state index in [0.717, 1.165) is 9.99 Å². The molecule has 0 aliphatic heterocycles. The fraction of sp³-hybridized carbons (Fsp3) is 0.364. The minimum atomic E-state index is -0.140. The number of hydrogen-bond acceptors (Lipinski definition) is 4. The molecule has 0 aliphatic rings. The molecular formula is C11H16BrCl2N5O. The van der Waals surface area contributed by atoms with Gasteiger partial charge < -0.3 is 16.0 Å². The van der Waals surface area contributed by atoms with Gasteiger partial charge in [0, 0.05) is 23.1 Å². The molecule has 0 spiro atoms. The average Bonchev–Trinajstić information content (AvgIpc) is 2.67. The topological polar surface area (TPSA) is 96.7 Å². The number of aromatic nitrogens is 3. The van der Waals surface area contributed by atoms with Gasteiger partial charge in [-0.25, -0.2) is 9.97 Å². The third-order valence-corrected chi connectivity index (χ3v) is 2.75. The van der Waals surface area contributed by atoms with E-state index in [1.165, 1.54) is 0 Å². The lowest BCUT2D eigenvalue weighted by atomic mass is 10.2. The summed E-state index contributed by atoms with van der Waals surface area (Å²) in [4.78, 5) is 23.0. The second kappa shape index (κ2) is 8.41. The fourth-order valence-electron chi connectivity index (χ4n) is 1.56. The second-order valence-electron chi connectivity index (χ2n) is 4.17. The Balaban J connectivity index is 0.00000180. The molecule has 4 N–H and O–H groups in total. The highest BCUT2D eigenvalue weighted by Crippen LogP contribution is 2.14. The normalized spacial score (nSPS) is 11.3. The zero-order valence-electron chi connectivity index (χ0n) is 10.7. The molecule has 0 saturated carbocycles. The first kappa shape index (κ1) is 19.1. The Bertz CT molecular complexity index is 575. The number of rotatable bonds is 4. The molecule has 112 valence electrons. The largest absolute Gasteiger partial charge is 0.349 e. The van der Waals surface area contributed by atoms with Gasteiger partial charge in [-0.1, -0.05) is 0 Å². The van der Waals surface area contributed by atoms with Crippen molar-refractivity contribution in [3.8, 4) is 0 Å². The minimum Gasteiger partial charge on any atom is -0.349 e. The quantitative estimate of drug-likeness (QED) is 0.750. The van der Waals surface area contributed by atoms with E-state index in [1.807, 2.05) is 6.07 Å². The van der Waals surface area contributed by atoms with E-state index >= 15 is 0 Å². The molecule has 0 aromatic carbocycles. The zero-order valence-corrected chi connectivity index (χ0v) is 13.9. The summed E-state index contributed by atoms with van der Waals surface area (Å²) in [6.07, 6.45) is 1.99. The van der Waals surface area contributed by atoms with Crippen molar-refractivity contribution in [3.63, 3.8) is 0 Å². The molecule has 2 heterocycles. The van der Waals surface area contributed by atoms with Gasteiger partial charge in [-0.3, -0.25) is 4.79 Å². The maximum absolute atomic E-state index is 11.4. The Morgan fingerprint density at radius 2 is 2.25 bits per heavy atom. The summed E-state index contributed by atoms with van der Waals surface area (Å²) in [6, 6.07) is 1.75. The number of amides is 1. The van der Waals surface area contributed by atoms with Gasteiger partial charge in [0.1, 0.15) is 5.82 Å². The molecular weight excluding hydrogens is 369 g/mol. The van der Waals surface area contributed by atoms with Crippen molar-refractivity contribution < 1.29 is 4.79 Å². The standard InChI is InChI=1S/C11H14BrN5O.2ClH/c1-6(13)2-10(18)14-5-9-16-8-3-7(12)4-15-11(8)17-9;;/h3-4,6H,2,5,13H2,1H3,(H,14,18)(H,15,16,17);2*1H. The van der Waals surface area contributed by atoms with E-state index < -0.39 is 0 Å². The van der Waals surface area contributed by atoms with Gasteiger partial charge in [-0.2, -0.15) is 0 Å². The first-order valence-corrected chi connectivity index (χ1v) is 6.36. The van der Waals surface area contributed by atoms with E-state index in [0.29, 0.717) is 24.4 Å². The maximum Gasteiger partial charge on any atom is 0.221 e. The lowest BCUT2D eigenvalue weighted by Gasteiger charge is -2.05. The lowest BCUT2D eigenvalue weighted by Crippen LogP contribution is -2.29. The van der Waals surface area contributed by atoms with Gasteiger partial charge in [0.05, 0.1) is 12.1 Å². The van der Waals surface area contributed by atoms with Gasteiger partial charge in [-0.15, -0.1) is 24.8 Å². The van der Waals surface area contributed by atoms with Crippen LogP contribution >= 0.6 is 40.7 Å². The number of carbonyl (C=O) groups excluding carboxylic acids is 1. The van der Waals surface area contributed by atoms with Gasteiger partial charge >= 0.3 is 0 Å². The average molecular weight is 385 g/mol. The summed E-state index contributed by atoms with van der Waals surface area (Å²) in [7, 11) is 0. The second-order valence-corrected chi connectivity index (χ2v) is 5.08. The van der Waals surface area contributed by atoms with Crippen LogP contribution in [0.4, 0.5) is 0 Å². The molecule has 1 atom stereocenters. The van der Waals surface area contributed by atoms with Crippen LogP contribution in [-0.2, 0) is 11.3 Å². The summed E-state index contributed by atoms with van der Waals surface area (Å²) in [5.74, 6) is 0.591. The summed E-state index contributed by atoms with van der Waals surface area (Å²) in [5, 5.41) is 2.75. The number of fused-ring (bicyclic) bond motifs is 1. The molecule has 6 nitrogen and oxygen atoms in total. The summed E-state index contributed by atoms with van der Waals surface area (Å²) < 4.78 is 0.881. The minimum absolute atomic E-state index is 0. The van der Waals surface area contributed by atoms with Crippen LogP contribution in [0, 0.1) is 0 Å². The highest BCUT2D eigenvalue weighted by atomic mass is 79.9. The van der Waals surface area contributed by atoms with E-state index in [1.54, 1.807) is 13.1 Å². The van der Waals surface area contributed by atoms with E-state index in [4.69, 9.17) is 5.73 Å². The molecule has 2 rings (SSSR count). The highest BCUT2D eigenvalue weighted by Gasteiger charge is 2.07. The molecule has 2 aromatic rings. The molecule has 1 amide bonds. The number of carbonyl (C=O) groups is 1. The Morgan fingerprint density at radius 1 is 1.55 bits per heavy atom. The number of nitrogens with one attached hydrogen (secondary N) is 2. The van der Waals surface area contributed by atoms with Crippen molar-refractivity contribution in [1.82, 2.24) is 20.3 Å². The van der Waals surface area contributed by atoms with E-state index in [2.05, 4.69) is 36.2 Å². The van der Waals surface area contributed by atoms with Crippen LogP contribution in [0.25, 0.3) is 11.2 Å². The fourth-order valence-corrected chi connectivity index (χ4v) is 1.89. The molecule has 2 aromatic heterocycles. The van der Waals surface area contributed by atoms with E-state index in [9.17, 15) is 4.79 Å². The number of aromatic amines is 1. The SMILES string of the molecule is CC(N)CC(=O)NCc1nc2ncc(Br)cc2[nH]1.Cl.Cl. The Labute approximate surface area is 137 Å². The molecule has 20 heavy (non-hydrogen) atoms. The Kier molecular flexibility index (Phi) is 8.03. The van der Waals surface area contributed by atoms with Crippen LogP contribution in [0.5, 0.6) is 0 Å². The summed E-state index contributed by atoms with van der Waals surface area (Å²) >= 11 is 3.34. The zero-order chi connectivity index (χ0) is 13.1. The third kappa shape index (κ3) is 5.24. The first-order valence-electron chi connectivity index (χ1n) is 5.57. The van der Waals surface area contributed by atoms with Crippen LogP contribution in [0.15, 0.2) is 16.7 Å². The molecule has 9 heteroatoms. The smallest absolute Gasteiger partial charge is 0.221 e. The molecule has 0 saturated heterocycles. The van der Waals surface area contributed by atoms with Crippen molar-refractivity contribution in [2.45, 2.75) is 25.9 Å². The van der Waals surface area contributed by atoms with Gasteiger partial charge in [-0.05, 0) is 28.9 Å². The number of nitrogens with two attached hydrogens (primary N) is 1. The predicted molar refractivity (Wildman–Crippen MR) is 86.2 cm³/mol. The Morgan fingerprint density at radius 3 is 2.90 bits per heavy atom. The van der Waals surface area contributed by atoms with Crippen LogP contribution in [0.3, 0.4) is 0 Å². The highest BCUT2D eigenvalue weighted by molar-refractivity contribution is 9.10. The van der Waals surface area contributed by atoms with Crippen molar-refractivity contribution in [1.29, 1.82) is 0 Å². The number of pyridine rings is 1. The predicted octanol–water partition coefficient (Wildman–Crippen LogP) is 1.92. The first-order chi connectivity index (χ1) is 8.54. The van der Waals surface area contributed by atoms with Crippen molar-refractivity contribution in [3.05, 3.63) is 22.6 Å². The van der Waals surface area contributed by atoms with Gasteiger partial charge in [0.2, 0.25) is 5.91 Å². The lowest BCUT2D eigenvalue weighted by molar-refractivity contribution is -0.121. The van der Waals surface area contributed by atoms with Gasteiger partial charge in [0.15, 0.2) is 5.65 Å². The van der Waals surface area contributed by atoms with Crippen LogP contribution in [0.2, 0.25) is 0 Å². The Hall–Kier alpha value is -0.890. The molecule has 0 fully saturated rings. The molecule has 0 radical (unpaired) electrons. The number of H-pyrrole nitrogens is 1. The van der Waals surface area contributed by atoms with E-state index in [-0.39, 0.29) is 36.8 Å². The number of hydrogen-bond donors (Lipinski definition) is 3. The van der Waals surface area contributed by atoms with Crippen LogP contribution in [-0.4, -0.2) is 26.9 Å². The van der Waals surface area contributed by atoms with Crippen LogP contribution < -0.4 is 11.1 Å². The number of nitrogens with zero attached hydrogens (tertiary/aromatic N) is 2. The third-order valence-electron chi connectivity index (χ3n) is 2.31. The number of halogens is 3. The van der Waals surface area contributed by atoms with Crippen molar-refractivity contribution in [2.24, 2.45) is 5.73 Å². The van der Waals surface area contributed by atoms with Crippen molar-refractivity contribution in [2.75, 3.05) is 0 Å². The summed E-state index contributed by atoms with van der Waals surface area (Å²) in [6.45, 7) is 2.14. The van der Waals surface area contributed by atoms with Gasteiger partial charge in [0.25, 0.3) is 0 Å². The van der Waals surface area contributed by atoms with Crippen LogP contribution in [0.1, 0.15) is 19.2 Å². The van der Waals surface area contributed by atoms with Crippen molar-refractivity contribution >= 4 is 57.8 Å². The molecule has 1 unspecified atom stereocenters.